The zero-order valence-electron chi connectivity index (χ0n) is 12.7. The Labute approximate surface area is 132 Å². The number of hydrogen-bond acceptors (Lipinski definition) is 1. The lowest BCUT2D eigenvalue weighted by Crippen LogP contribution is -2.09. The summed E-state index contributed by atoms with van der Waals surface area (Å²) >= 11 is 0. The summed E-state index contributed by atoms with van der Waals surface area (Å²) in [5, 5.41) is 0. The van der Waals surface area contributed by atoms with Gasteiger partial charge in [-0.3, -0.25) is 0 Å². The molecule has 0 fully saturated rings. The van der Waals surface area contributed by atoms with Gasteiger partial charge >= 0.3 is 0 Å². The average Bonchev–Trinajstić information content (AvgIpc) is 2.62. The number of anilines is 1. The van der Waals surface area contributed by atoms with Crippen LogP contribution >= 0.6 is 0 Å². The van der Waals surface area contributed by atoms with E-state index in [4.69, 9.17) is 0 Å². The van der Waals surface area contributed by atoms with Gasteiger partial charge in [0, 0.05) is 24.5 Å². The van der Waals surface area contributed by atoms with Gasteiger partial charge < -0.3 is 4.90 Å². The van der Waals surface area contributed by atoms with Crippen LogP contribution in [0.1, 0.15) is 11.1 Å². The molecule has 3 rings (SSSR count). The van der Waals surface area contributed by atoms with Gasteiger partial charge in [-0.25, -0.2) is 0 Å². The van der Waals surface area contributed by atoms with Gasteiger partial charge in [0.2, 0.25) is 0 Å². The van der Waals surface area contributed by atoms with E-state index in [2.05, 4.69) is 90.9 Å². The third-order valence-electron chi connectivity index (χ3n) is 3.66. The first-order chi connectivity index (χ1) is 10.8. The second-order valence-corrected chi connectivity index (χ2v) is 5.22. The van der Waals surface area contributed by atoms with E-state index in [1.54, 1.807) is 0 Å². The Bertz CT molecular complexity index is 689. The molecule has 0 unspecified atom stereocenters. The van der Waals surface area contributed by atoms with Crippen molar-refractivity contribution >= 4 is 11.3 Å². The van der Waals surface area contributed by atoms with E-state index in [1.807, 2.05) is 18.2 Å². The quantitative estimate of drug-likeness (QED) is 0.636. The molecule has 0 aromatic heterocycles. The average molecular weight is 285 g/mol. The van der Waals surface area contributed by atoms with Crippen molar-refractivity contribution in [3.05, 3.63) is 108 Å². The summed E-state index contributed by atoms with van der Waals surface area (Å²) in [4.78, 5) is 2.16. The van der Waals surface area contributed by atoms with Crippen molar-refractivity contribution in [3.8, 4) is 0 Å². The van der Waals surface area contributed by atoms with Crippen molar-refractivity contribution in [1.29, 1.82) is 0 Å². The fraction of sp³-hybridized carbons (Fsp3) is 0.0476. The Kier molecular flexibility index (Phi) is 4.35. The molecule has 1 nitrogen and oxygen atoms in total. The molecule has 3 aromatic carbocycles. The summed E-state index contributed by atoms with van der Waals surface area (Å²) in [5.74, 6) is 0. The van der Waals surface area contributed by atoms with Crippen LogP contribution in [0.5, 0.6) is 0 Å². The maximum absolute atomic E-state index is 2.19. The van der Waals surface area contributed by atoms with E-state index >= 15 is 0 Å². The number of benzene rings is 3. The summed E-state index contributed by atoms with van der Waals surface area (Å²) < 4.78 is 0. The molecule has 0 bridgehead atoms. The number of para-hydroxylation sites is 1. The molecule has 1 heteroatoms. The Morgan fingerprint density at radius 2 is 1.05 bits per heavy atom. The molecule has 0 aliphatic heterocycles. The van der Waals surface area contributed by atoms with Crippen molar-refractivity contribution in [2.24, 2.45) is 0 Å². The minimum absolute atomic E-state index is 1.17. The SMILES string of the molecule is CN(C=C(c1ccccc1)c1ccccc1)c1ccccc1. The molecule has 0 N–H and O–H groups in total. The molecule has 0 saturated carbocycles. The monoisotopic (exact) mass is 285 g/mol. The lowest BCUT2D eigenvalue weighted by atomic mass is 9.99. The van der Waals surface area contributed by atoms with Crippen molar-refractivity contribution in [3.63, 3.8) is 0 Å². The zero-order chi connectivity index (χ0) is 15.2. The maximum Gasteiger partial charge on any atom is 0.0403 e. The minimum Gasteiger partial charge on any atom is -0.350 e. The van der Waals surface area contributed by atoms with E-state index in [9.17, 15) is 0 Å². The summed E-state index contributed by atoms with van der Waals surface area (Å²) in [7, 11) is 2.08. The van der Waals surface area contributed by atoms with E-state index in [-0.39, 0.29) is 0 Å². The van der Waals surface area contributed by atoms with Gasteiger partial charge in [-0.1, -0.05) is 78.9 Å². The first-order valence-electron chi connectivity index (χ1n) is 7.45. The van der Waals surface area contributed by atoms with Crippen LogP contribution in [0.4, 0.5) is 5.69 Å². The zero-order valence-corrected chi connectivity index (χ0v) is 12.7. The highest BCUT2D eigenvalue weighted by molar-refractivity contribution is 5.81. The molecule has 0 atom stereocenters. The summed E-state index contributed by atoms with van der Waals surface area (Å²) in [6.45, 7) is 0. The molecular weight excluding hydrogens is 266 g/mol. The van der Waals surface area contributed by atoms with Gasteiger partial charge in [-0.05, 0) is 23.3 Å². The number of rotatable bonds is 4. The van der Waals surface area contributed by atoms with Crippen LogP contribution in [0.3, 0.4) is 0 Å². The lowest BCUT2D eigenvalue weighted by Gasteiger charge is -2.18. The highest BCUT2D eigenvalue weighted by atomic mass is 15.1. The first-order valence-corrected chi connectivity index (χ1v) is 7.45. The molecule has 0 spiro atoms. The molecule has 108 valence electrons. The van der Waals surface area contributed by atoms with Crippen molar-refractivity contribution in [2.75, 3.05) is 11.9 Å². The van der Waals surface area contributed by atoms with Gasteiger partial charge in [-0.15, -0.1) is 0 Å². The molecule has 0 aliphatic rings. The van der Waals surface area contributed by atoms with Crippen LogP contribution in [0.25, 0.3) is 5.57 Å². The van der Waals surface area contributed by atoms with Crippen LogP contribution in [0.15, 0.2) is 97.2 Å². The predicted molar refractivity (Wildman–Crippen MR) is 94.8 cm³/mol. The third-order valence-corrected chi connectivity index (χ3v) is 3.66. The van der Waals surface area contributed by atoms with Gasteiger partial charge in [0.25, 0.3) is 0 Å². The van der Waals surface area contributed by atoms with Crippen LogP contribution in [-0.2, 0) is 0 Å². The van der Waals surface area contributed by atoms with Crippen LogP contribution in [0, 0.1) is 0 Å². The lowest BCUT2D eigenvalue weighted by molar-refractivity contribution is 1.20. The van der Waals surface area contributed by atoms with Gasteiger partial charge in [0.15, 0.2) is 0 Å². The standard InChI is InChI=1S/C21H19N/c1-22(20-15-9-4-10-16-20)17-21(18-11-5-2-6-12-18)19-13-7-3-8-14-19/h2-17H,1H3. The number of nitrogens with zero attached hydrogens (tertiary/aromatic N) is 1. The topological polar surface area (TPSA) is 3.24 Å². The Morgan fingerprint density at radius 3 is 1.50 bits per heavy atom. The smallest absolute Gasteiger partial charge is 0.0403 e. The molecule has 22 heavy (non-hydrogen) atoms. The van der Waals surface area contributed by atoms with Gasteiger partial charge in [0.1, 0.15) is 0 Å². The van der Waals surface area contributed by atoms with Crippen LogP contribution in [-0.4, -0.2) is 7.05 Å². The van der Waals surface area contributed by atoms with Crippen molar-refractivity contribution in [1.82, 2.24) is 0 Å². The normalized spacial score (nSPS) is 10.0. The Hall–Kier alpha value is -2.80. The molecule has 0 amide bonds. The highest BCUT2D eigenvalue weighted by Crippen LogP contribution is 2.25. The molecule has 0 saturated heterocycles. The maximum atomic E-state index is 2.19. The van der Waals surface area contributed by atoms with E-state index in [0.717, 1.165) is 0 Å². The molecule has 0 radical (unpaired) electrons. The van der Waals surface area contributed by atoms with Gasteiger partial charge in [0.05, 0.1) is 0 Å². The first kappa shape index (κ1) is 14.2. The molecule has 3 aromatic rings. The van der Waals surface area contributed by atoms with Gasteiger partial charge in [-0.2, -0.15) is 0 Å². The van der Waals surface area contributed by atoms with Crippen molar-refractivity contribution < 1.29 is 0 Å². The summed E-state index contributed by atoms with van der Waals surface area (Å²) in [6, 6.07) is 31.4. The highest BCUT2D eigenvalue weighted by Gasteiger charge is 2.06. The van der Waals surface area contributed by atoms with Crippen LogP contribution in [0.2, 0.25) is 0 Å². The summed E-state index contributed by atoms with van der Waals surface area (Å²) in [6.07, 6.45) is 2.19. The molecule has 0 aliphatic carbocycles. The Morgan fingerprint density at radius 1 is 0.636 bits per heavy atom. The molecular formula is C21H19N. The second kappa shape index (κ2) is 6.77. The summed E-state index contributed by atoms with van der Waals surface area (Å²) in [5.41, 5.74) is 4.83. The third kappa shape index (κ3) is 3.26. The van der Waals surface area contributed by atoms with E-state index in [0.29, 0.717) is 0 Å². The Balaban J connectivity index is 2.04. The minimum atomic E-state index is 1.17. The van der Waals surface area contributed by atoms with Crippen molar-refractivity contribution in [2.45, 2.75) is 0 Å². The molecule has 0 heterocycles. The van der Waals surface area contributed by atoms with E-state index < -0.39 is 0 Å². The predicted octanol–water partition coefficient (Wildman–Crippen LogP) is 5.21. The largest absolute Gasteiger partial charge is 0.350 e. The van der Waals surface area contributed by atoms with Crippen LogP contribution < -0.4 is 4.90 Å². The number of hydrogen-bond donors (Lipinski definition) is 0. The second-order valence-electron chi connectivity index (χ2n) is 5.22. The fourth-order valence-electron chi connectivity index (χ4n) is 2.48. The van der Waals surface area contributed by atoms with E-state index in [1.165, 1.54) is 22.4 Å². The fourth-order valence-corrected chi connectivity index (χ4v) is 2.48.